The fraction of sp³-hybridized carbons (Fsp3) is 0.333. The highest BCUT2D eigenvalue weighted by Crippen LogP contribution is 2.34. The maximum atomic E-state index is 14.3. The van der Waals surface area contributed by atoms with Crippen LogP contribution >= 0.6 is 0 Å². The molecule has 2 amide bonds. The Bertz CT molecular complexity index is 1270. The molecule has 1 heterocycles. The topological polar surface area (TPSA) is 59.1 Å². The van der Waals surface area contributed by atoms with Crippen LogP contribution in [0, 0.1) is 0 Å². The van der Waals surface area contributed by atoms with Crippen LogP contribution in [0.15, 0.2) is 72.8 Å². The Hall–Kier alpha value is -4.01. The number of carbonyl (C=O) groups excluding carboxylic acids is 2. The lowest BCUT2D eigenvalue weighted by Crippen LogP contribution is -2.44. The minimum Gasteiger partial charge on any atom is -0.493 e. The Labute approximate surface area is 225 Å². The van der Waals surface area contributed by atoms with E-state index in [2.05, 4.69) is 0 Å². The number of benzene rings is 3. The van der Waals surface area contributed by atoms with E-state index in [1.807, 2.05) is 6.07 Å². The molecule has 1 saturated heterocycles. The van der Waals surface area contributed by atoms with E-state index < -0.39 is 23.6 Å². The second-order valence-corrected chi connectivity index (χ2v) is 9.35. The summed E-state index contributed by atoms with van der Waals surface area (Å²) >= 11 is 0. The van der Waals surface area contributed by atoms with Gasteiger partial charge in [-0.25, -0.2) is 0 Å². The molecule has 6 nitrogen and oxygen atoms in total. The number of likely N-dealkylation sites (tertiary alicyclic amines) is 1. The summed E-state index contributed by atoms with van der Waals surface area (Å²) in [6.07, 6.45) is -2.39. The van der Waals surface area contributed by atoms with Gasteiger partial charge in [0.1, 0.15) is 5.92 Å². The van der Waals surface area contributed by atoms with Crippen LogP contribution in [0.4, 0.5) is 18.9 Å². The van der Waals surface area contributed by atoms with E-state index in [9.17, 15) is 22.8 Å². The second-order valence-electron chi connectivity index (χ2n) is 9.35. The van der Waals surface area contributed by atoms with Gasteiger partial charge in [-0.05, 0) is 54.7 Å². The lowest BCUT2D eigenvalue weighted by molar-refractivity contribution is -0.138. The van der Waals surface area contributed by atoms with Crippen LogP contribution in [0.25, 0.3) is 0 Å². The number of amides is 2. The Morgan fingerprint density at radius 1 is 0.897 bits per heavy atom. The summed E-state index contributed by atoms with van der Waals surface area (Å²) in [6.45, 7) is 1.32. The fourth-order valence-electron chi connectivity index (χ4n) is 4.77. The molecule has 0 saturated carbocycles. The first-order valence-corrected chi connectivity index (χ1v) is 12.8. The number of hydrogen-bond acceptors (Lipinski definition) is 4. The number of methoxy groups -OCH3 is 2. The highest BCUT2D eigenvalue weighted by molar-refractivity contribution is 6.12. The summed E-state index contributed by atoms with van der Waals surface area (Å²) < 4.78 is 49.9. The quantitative estimate of drug-likeness (QED) is 0.327. The van der Waals surface area contributed by atoms with Crippen molar-refractivity contribution in [1.82, 2.24) is 4.90 Å². The van der Waals surface area contributed by atoms with Gasteiger partial charge in [0, 0.05) is 31.4 Å². The van der Waals surface area contributed by atoms with Crippen molar-refractivity contribution >= 4 is 17.5 Å². The third-order valence-corrected chi connectivity index (χ3v) is 6.89. The Morgan fingerprint density at radius 2 is 1.54 bits per heavy atom. The predicted molar refractivity (Wildman–Crippen MR) is 142 cm³/mol. The standard InChI is InChI=1S/C30H31F3N2O4/c1-38-25-15-14-24(20-26(25)39-2)35(19-16-21-10-12-23(13-11-21)30(31,32)33)29(37)27(22-8-4-3-5-9-22)28(36)34-17-6-7-18-34/h3-5,8-15,20,27H,6-7,16-19H2,1-2H3. The molecule has 0 N–H and O–H groups in total. The lowest BCUT2D eigenvalue weighted by atomic mass is 9.95. The summed E-state index contributed by atoms with van der Waals surface area (Å²) in [4.78, 5) is 31.2. The van der Waals surface area contributed by atoms with Crippen LogP contribution < -0.4 is 14.4 Å². The van der Waals surface area contributed by atoms with E-state index in [-0.39, 0.29) is 18.9 Å². The van der Waals surface area contributed by atoms with Crippen LogP contribution in [-0.2, 0) is 22.2 Å². The van der Waals surface area contributed by atoms with Crippen LogP contribution in [0.1, 0.15) is 35.4 Å². The smallest absolute Gasteiger partial charge is 0.416 e. The lowest BCUT2D eigenvalue weighted by Gasteiger charge is -2.30. The SMILES string of the molecule is COc1ccc(N(CCc2ccc(C(F)(F)F)cc2)C(=O)C(C(=O)N2CCCC2)c2ccccc2)cc1OC. The van der Waals surface area contributed by atoms with Crippen molar-refractivity contribution in [3.05, 3.63) is 89.5 Å². The molecule has 1 aliphatic rings. The molecule has 3 aromatic rings. The van der Waals surface area contributed by atoms with Gasteiger partial charge in [-0.1, -0.05) is 42.5 Å². The van der Waals surface area contributed by atoms with Crippen molar-refractivity contribution in [3.8, 4) is 11.5 Å². The van der Waals surface area contributed by atoms with E-state index in [1.54, 1.807) is 47.4 Å². The second kappa shape index (κ2) is 12.2. The molecule has 3 aromatic carbocycles. The molecular weight excluding hydrogens is 509 g/mol. The average Bonchev–Trinajstić information content (AvgIpc) is 3.49. The highest BCUT2D eigenvalue weighted by Gasteiger charge is 2.37. The van der Waals surface area contributed by atoms with Crippen molar-refractivity contribution in [3.63, 3.8) is 0 Å². The van der Waals surface area contributed by atoms with E-state index in [0.717, 1.165) is 25.0 Å². The van der Waals surface area contributed by atoms with Crippen molar-refractivity contribution in [2.75, 3.05) is 38.8 Å². The monoisotopic (exact) mass is 540 g/mol. The normalized spacial score (nSPS) is 14.1. The minimum absolute atomic E-state index is 0.135. The number of hydrogen-bond donors (Lipinski definition) is 0. The Balaban J connectivity index is 1.70. The third-order valence-electron chi connectivity index (χ3n) is 6.89. The number of anilines is 1. The molecule has 1 fully saturated rings. The van der Waals surface area contributed by atoms with Crippen molar-refractivity contribution in [1.29, 1.82) is 0 Å². The zero-order chi connectivity index (χ0) is 28.0. The maximum absolute atomic E-state index is 14.3. The highest BCUT2D eigenvalue weighted by atomic mass is 19.4. The van der Waals surface area contributed by atoms with E-state index >= 15 is 0 Å². The number of carbonyl (C=O) groups is 2. The molecule has 0 spiro atoms. The molecule has 4 rings (SSSR count). The van der Waals surface area contributed by atoms with Gasteiger partial charge in [0.2, 0.25) is 11.8 Å². The summed E-state index contributed by atoms with van der Waals surface area (Å²) in [5.41, 5.74) is 0.960. The molecule has 0 aliphatic carbocycles. The van der Waals surface area contributed by atoms with Gasteiger partial charge < -0.3 is 19.3 Å². The molecule has 206 valence electrons. The first kappa shape index (κ1) is 28.0. The first-order chi connectivity index (χ1) is 18.7. The molecule has 0 aromatic heterocycles. The van der Waals surface area contributed by atoms with Gasteiger partial charge in [0.25, 0.3) is 0 Å². The molecule has 0 bridgehead atoms. The zero-order valence-electron chi connectivity index (χ0n) is 21.9. The van der Waals surface area contributed by atoms with Gasteiger partial charge >= 0.3 is 6.18 Å². The van der Waals surface area contributed by atoms with Crippen molar-refractivity contribution in [2.24, 2.45) is 0 Å². The van der Waals surface area contributed by atoms with Gasteiger partial charge in [-0.2, -0.15) is 13.2 Å². The molecule has 1 aliphatic heterocycles. The van der Waals surface area contributed by atoms with Gasteiger partial charge in [-0.15, -0.1) is 0 Å². The zero-order valence-corrected chi connectivity index (χ0v) is 21.9. The van der Waals surface area contributed by atoms with Crippen LogP contribution in [0.3, 0.4) is 0 Å². The number of halogens is 3. The number of ether oxygens (including phenoxy) is 2. The molecule has 9 heteroatoms. The predicted octanol–water partition coefficient (Wildman–Crippen LogP) is 5.70. The van der Waals surface area contributed by atoms with E-state index in [0.29, 0.717) is 41.4 Å². The Morgan fingerprint density at radius 3 is 2.13 bits per heavy atom. The Kier molecular flexibility index (Phi) is 8.79. The maximum Gasteiger partial charge on any atom is 0.416 e. The molecular formula is C30H31F3N2O4. The largest absolute Gasteiger partial charge is 0.493 e. The van der Waals surface area contributed by atoms with Gasteiger partial charge in [0.15, 0.2) is 11.5 Å². The van der Waals surface area contributed by atoms with E-state index in [1.165, 1.54) is 31.3 Å². The molecule has 1 atom stereocenters. The summed E-state index contributed by atoms with van der Waals surface area (Å²) in [5.74, 6) is -0.862. The van der Waals surface area contributed by atoms with Crippen molar-refractivity contribution < 1.29 is 32.2 Å². The third kappa shape index (κ3) is 6.53. The fourth-order valence-corrected chi connectivity index (χ4v) is 4.77. The van der Waals surface area contributed by atoms with Crippen molar-refractivity contribution in [2.45, 2.75) is 31.4 Å². The number of nitrogens with zero attached hydrogens (tertiary/aromatic N) is 2. The summed E-state index contributed by atoms with van der Waals surface area (Å²) in [7, 11) is 2.99. The molecule has 0 radical (unpaired) electrons. The van der Waals surface area contributed by atoms with Crippen LogP contribution in [0.5, 0.6) is 11.5 Å². The summed E-state index contributed by atoms with van der Waals surface area (Å²) in [6, 6.07) is 18.8. The molecule has 1 unspecified atom stereocenters. The summed E-state index contributed by atoms with van der Waals surface area (Å²) in [5, 5.41) is 0. The number of rotatable bonds is 9. The van der Waals surface area contributed by atoms with Gasteiger partial charge in [-0.3, -0.25) is 9.59 Å². The van der Waals surface area contributed by atoms with Crippen LogP contribution in [-0.4, -0.2) is 50.6 Å². The van der Waals surface area contributed by atoms with E-state index in [4.69, 9.17) is 9.47 Å². The van der Waals surface area contributed by atoms with Gasteiger partial charge in [0.05, 0.1) is 19.8 Å². The minimum atomic E-state index is -4.43. The average molecular weight is 541 g/mol. The number of alkyl halides is 3. The molecule has 39 heavy (non-hydrogen) atoms. The first-order valence-electron chi connectivity index (χ1n) is 12.8. The van der Waals surface area contributed by atoms with Crippen LogP contribution in [0.2, 0.25) is 0 Å².